The average Bonchev–Trinajstić information content (AvgIpc) is 3.16. The van der Waals surface area contributed by atoms with Crippen LogP contribution in [0.3, 0.4) is 0 Å². The van der Waals surface area contributed by atoms with E-state index in [1.807, 2.05) is 39.0 Å². The van der Waals surface area contributed by atoms with Gasteiger partial charge in [0.05, 0.1) is 24.9 Å². The maximum atomic E-state index is 13.1. The zero-order valence-corrected chi connectivity index (χ0v) is 17.6. The number of benzene rings is 1. The average molecular weight is 400 g/mol. The number of hydrogen-bond acceptors (Lipinski definition) is 3. The van der Waals surface area contributed by atoms with Gasteiger partial charge < -0.3 is 14.2 Å². The predicted octanol–water partition coefficient (Wildman–Crippen LogP) is 5.56. The van der Waals surface area contributed by atoms with Crippen LogP contribution in [0.15, 0.2) is 41.0 Å². The number of halogens is 1. The highest BCUT2D eigenvalue weighted by molar-refractivity contribution is 6.30. The predicted molar refractivity (Wildman–Crippen MR) is 112 cm³/mol. The van der Waals surface area contributed by atoms with Crippen LogP contribution in [0.25, 0.3) is 10.9 Å². The summed E-state index contributed by atoms with van der Waals surface area (Å²) >= 11 is 6.51. The van der Waals surface area contributed by atoms with Gasteiger partial charge in [0.1, 0.15) is 10.9 Å². The van der Waals surface area contributed by atoms with Gasteiger partial charge in [-0.2, -0.15) is 0 Å². The van der Waals surface area contributed by atoms with Gasteiger partial charge in [-0.05, 0) is 57.5 Å². The molecule has 3 rings (SSSR count). The van der Waals surface area contributed by atoms with Crippen molar-refractivity contribution in [2.75, 3.05) is 13.1 Å². The summed E-state index contributed by atoms with van der Waals surface area (Å²) in [6.45, 7) is 10.1. The lowest BCUT2D eigenvalue weighted by Crippen LogP contribution is -2.42. The molecule has 0 bridgehead atoms. The molecular weight excluding hydrogens is 374 g/mol. The second-order valence-corrected chi connectivity index (χ2v) is 7.34. The van der Waals surface area contributed by atoms with Crippen molar-refractivity contribution in [2.24, 2.45) is 0 Å². The van der Waals surface area contributed by atoms with Gasteiger partial charge in [0.15, 0.2) is 0 Å². The van der Waals surface area contributed by atoms with Gasteiger partial charge in [-0.1, -0.05) is 23.2 Å². The third-order valence-corrected chi connectivity index (χ3v) is 5.20. The number of nitrogens with zero attached hydrogens (tertiary/aromatic N) is 3. The first-order valence-electron chi connectivity index (χ1n) is 9.55. The number of fused-ring (bicyclic) bond motifs is 1. The quantitative estimate of drug-likeness (QED) is 0.509. The molecule has 6 heteroatoms. The Hall–Kier alpha value is -2.53. The van der Waals surface area contributed by atoms with Gasteiger partial charge in [-0.25, -0.2) is 9.78 Å². The summed E-state index contributed by atoms with van der Waals surface area (Å²) in [6.07, 6.45) is 1.62. The molecule has 5 nitrogen and oxygen atoms in total. The Labute approximate surface area is 170 Å². The minimum atomic E-state index is -0.0435. The maximum Gasteiger partial charge on any atom is 0.320 e. The van der Waals surface area contributed by atoms with E-state index in [4.69, 9.17) is 16.0 Å². The molecule has 1 aromatic carbocycles. The number of furan rings is 1. The van der Waals surface area contributed by atoms with Gasteiger partial charge >= 0.3 is 6.03 Å². The van der Waals surface area contributed by atoms with Crippen molar-refractivity contribution in [3.8, 4) is 0 Å². The number of rotatable bonds is 6. The summed E-state index contributed by atoms with van der Waals surface area (Å²) in [6, 6.07) is 9.88. The van der Waals surface area contributed by atoms with Crippen molar-refractivity contribution >= 4 is 28.5 Å². The van der Waals surface area contributed by atoms with Crippen LogP contribution in [-0.4, -0.2) is 33.9 Å². The van der Waals surface area contributed by atoms with Crippen LogP contribution < -0.4 is 0 Å². The summed E-state index contributed by atoms with van der Waals surface area (Å²) in [4.78, 5) is 21.2. The Kier molecular flexibility index (Phi) is 6.25. The zero-order chi connectivity index (χ0) is 20.3. The topological polar surface area (TPSA) is 49.6 Å². The van der Waals surface area contributed by atoms with Gasteiger partial charge in [-0.15, -0.1) is 0 Å². The molecular formula is C22H26ClN3O2. The lowest BCUT2D eigenvalue weighted by atomic mass is 10.1. The molecule has 3 aromatic rings. The van der Waals surface area contributed by atoms with E-state index in [0.29, 0.717) is 31.3 Å². The molecule has 2 aromatic heterocycles. The lowest BCUT2D eigenvalue weighted by Gasteiger charge is -2.29. The van der Waals surface area contributed by atoms with Crippen LogP contribution in [0.5, 0.6) is 0 Å². The van der Waals surface area contributed by atoms with Crippen molar-refractivity contribution in [3.05, 3.63) is 64.2 Å². The van der Waals surface area contributed by atoms with Crippen LogP contribution in [0, 0.1) is 13.8 Å². The highest BCUT2D eigenvalue weighted by Gasteiger charge is 2.22. The normalized spacial score (nSPS) is 11.0. The third kappa shape index (κ3) is 4.30. The maximum absolute atomic E-state index is 13.1. The number of amides is 2. The fourth-order valence-electron chi connectivity index (χ4n) is 3.47. The number of aryl methyl sites for hydroxylation is 2. The first-order valence-corrected chi connectivity index (χ1v) is 9.93. The molecule has 28 heavy (non-hydrogen) atoms. The van der Waals surface area contributed by atoms with E-state index in [2.05, 4.69) is 24.0 Å². The van der Waals surface area contributed by atoms with Gasteiger partial charge in [0.2, 0.25) is 0 Å². The Morgan fingerprint density at radius 2 is 1.86 bits per heavy atom. The first kappa shape index (κ1) is 20.2. The molecule has 0 radical (unpaired) electrons. The Balaban J connectivity index is 1.97. The first-order chi connectivity index (χ1) is 13.4. The van der Waals surface area contributed by atoms with Crippen molar-refractivity contribution in [1.29, 1.82) is 0 Å². The van der Waals surface area contributed by atoms with E-state index in [9.17, 15) is 4.79 Å². The summed E-state index contributed by atoms with van der Waals surface area (Å²) in [7, 11) is 0. The minimum Gasteiger partial charge on any atom is -0.467 e. The highest BCUT2D eigenvalue weighted by Crippen LogP contribution is 2.26. The molecule has 0 saturated carbocycles. The second kappa shape index (κ2) is 8.65. The molecule has 0 atom stereocenters. The van der Waals surface area contributed by atoms with E-state index in [-0.39, 0.29) is 6.03 Å². The van der Waals surface area contributed by atoms with E-state index < -0.39 is 0 Å². The zero-order valence-electron chi connectivity index (χ0n) is 16.8. The SMILES string of the molecule is CCN(CC)C(=O)N(Cc1ccco1)Cc1cc2cc(C)cc(C)c2nc1Cl. The van der Waals surface area contributed by atoms with E-state index in [1.165, 1.54) is 5.56 Å². The van der Waals surface area contributed by atoms with E-state index in [1.54, 1.807) is 16.1 Å². The molecule has 148 valence electrons. The second-order valence-electron chi connectivity index (χ2n) is 6.98. The number of carbonyl (C=O) groups is 1. The molecule has 0 spiro atoms. The molecule has 2 heterocycles. The molecule has 0 aliphatic rings. The standard InChI is InChI=1S/C22H26ClN3O2/c1-5-25(6-2)22(27)26(14-19-8-7-9-28-19)13-18-12-17-11-15(3)10-16(4)20(17)24-21(18)23/h7-12H,5-6,13-14H2,1-4H3. The molecule has 0 aliphatic carbocycles. The van der Waals surface area contributed by atoms with Crippen molar-refractivity contribution < 1.29 is 9.21 Å². The highest BCUT2D eigenvalue weighted by atomic mass is 35.5. The van der Waals surface area contributed by atoms with Gasteiger partial charge in [-0.3, -0.25) is 0 Å². The van der Waals surface area contributed by atoms with Crippen LogP contribution in [0.1, 0.15) is 36.3 Å². The molecule has 0 unspecified atom stereocenters. The van der Waals surface area contributed by atoms with E-state index >= 15 is 0 Å². The Bertz CT molecular complexity index is 966. The number of pyridine rings is 1. The van der Waals surface area contributed by atoms with Crippen LogP contribution in [0.4, 0.5) is 4.79 Å². The fourth-order valence-corrected chi connectivity index (χ4v) is 3.66. The molecule has 0 aliphatic heterocycles. The van der Waals surface area contributed by atoms with Crippen molar-refractivity contribution in [3.63, 3.8) is 0 Å². The molecule has 0 fully saturated rings. The molecule has 2 amide bonds. The summed E-state index contributed by atoms with van der Waals surface area (Å²) in [5.41, 5.74) is 3.99. The largest absolute Gasteiger partial charge is 0.467 e. The van der Waals surface area contributed by atoms with Gasteiger partial charge in [0, 0.05) is 24.0 Å². The number of aromatic nitrogens is 1. The number of hydrogen-bond donors (Lipinski definition) is 0. The van der Waals surface area contributed by atoms with Crippen molar-refractivity contribution in [2.45, 2.75) is 40.8 Å². The molecule has 0 N–H and O–H groups in total. The smallest absolute Gasteiger partial charge is 0.320 e. The summed E-state index contributed by atoms with van der Waals surface area (Å²) in [5.74, 6) is 0.733. The summed E-state index contributed by atoms with van der Waals surface area (Å²) in [5, 5.41) is 1.46. The van der Waals surface area contributed by atoms with Crippen LogP contribution in [0.2, 0.25) is 5.15 Å². The van der Waals surface area contributed by atoms with Crippen molar-refractivity contribution in [1.82, 2.24) is 14.8 Å². The van der Waals surface area contributed by atoms with E-state index in [0.717, 1.165) is 27.8 Å². The number of urea groups is 1. The number of carbonyl (C=O) groups excluding carboxylic acids is 1. The minimum absolute atomic E-state index is 0.0435. The van der Waals surface area contributed by atoms with Crippen LogP contribution in [-0.2, 0) is 13.1 Å². The Morgan fingerprint density at radius 1 is 1.11 bits per heavy atom. The van der Waals surface area contributed by atoms with Gasteiger partial charge in [0.25, 0.3) is 0 Å². The monoisotopic (exact) mass is 399 g/mol. The lowest BCUT2D eigenvalue weighted by molar-refractivity contribution is 0.148. The van der Waals surface area contributed by atoms with Crippen LogP contribution >= 0.6 is 11.6 Å². The molecule has 0 saturated heterocycles. The summed E-state index contributed by atoms with van der Waals surface area (Å²) < 4.78 is 5.47. The Morgan fingerprint density at radius 3 is 2.50 bits per heavy atom. The fraction of sp³-hybridized carbons (Fsp3) is 0.364. The third-order valence-electron chi connectivity index (χ3n) is 4.87.